The Morgan fingerprint density at radius 3 is 2.41 bits per heavy atom. The summed E-state index contributed by atoms with van der Waals surface area (Å²) in [6.07, 6.45) is 0. The summed E-state index contributed by atoms with van der Waals surface area (Å²) in [5.41, 5.74) is 2.70. The van der Waals surface area contributed by atoms with Gasteiger partial charge in [-0.15, -0.1) is 0 Å². The summed E-state index contributed by atoms with van der Waals surface area (Å²) in [6, 6.07) is 11.2. The molecule has 2 amide bonds. The Balaban J connectivity index is 1.86. The van der Waals surface area contributed by atoms with Gasteiger partial charge in [-0.25, -0.2) is 4.79 Å². The molecule has 2 aromatic carbocycles. The lowest BCUT2D eigenvalue weighted by atomic mass is 10.1. The van der Waals surface area contributed by atoms with Crippen molar-refractivity contribution in [2.75, 3.05) is 11.9 Å². The number of rotatable bonds is 6. The molecule has 0 fully saturated rings. The zero-order chi connectivity index (χ0) is 20.0. The highest BCUT2D eigenvalue weighted by Gasteiger charge is 2.19. The molecule has 7 heteroatoms. The van der Waals surface area contributed by atoms with E-state index in [1.54, 1.807) is 36.4 Å². The first-order chi connectivity index (χ1) is 12.8. The highest BCUT2D eigenvalue weighted by molar-refractivity contribution is 6.34. The van der Waals surface area contributed by atoms with Gasteiger partial charge < -0.3 is 15.4 Å². The maximum atomic E-state index is 12.0. The molecule has 0 aromatic heterocycles. The maximum absolute atomic E-state index is 12.0. The summed E-state index contributed by atoms with van der Waals surface area (Å²) in [5.74, 6) is -1.62. The minimum absolute atomic E-state index is 0.397. The van der Waals surface area contributed by atoms with Crippen molar-refractivity contribution in [3.8, 4) is 0 Å². The van der Waals surface area contributed by atoms with E-state index in [0.29, 0.717) is 16.3 Å². The Labute approximate surface area is 162 Å². The Hall–Kier alpha value is -2.86. The van der Waals surface area contributed by atoms with Gasteiger partial charge in [0.1, 0.15) is 6.04 Å². The minimum atomic E-state index is -0.893. The van der Waals surface area contributed by atoms with Gasteiger partial charge in [0.15, 0.2) is 6.61 Å². The Kier molecular flexibility index (Phi) is 6.96. The molecule has 1 atom stereocenters. The van der Waals surface area contributed by atoms with Crippen LogP contribution in [0.25, 0.3) is 0 Å². The SMILES string of the molecule is Cc1cc(C)c(NC(=O)COC(=O)[C@H](C)NC(=O)c2ccccc2)c(Cl)c1. The maximum Gasteiger partial charge on any atom is 0.328 e. The molecule has 0 heterocycles. The van der Waals surface area contributed by atoms with Crippen LogP contribution in [0.4, 0.5) is 5.69 Å². The Morgan fingerprint density at radius 2 is 1.78 bits per heavy atom. The minimum Gasteiger partial charge on any atom is -0.454 e. The van der Waals surface area contributed by atoms with Crippen molar-refractivity contribution in [3.63, 3.8) is 0 Å². The smallest absolute Gasteiger partial charge is 0.328 e. The van der Waals surface area contributed by atoms with Crippen LogP contribution in [0.2, 0.25) is 5.02 Å². The van der Waals surface area contributed by atoms with Crippen molar-refractivity contribution in [1.29, 1.82) is 0 Å². The highest BCUT2D eigenvalue weighted by Crippen LogP contribution is 2.27. The van der Waals surface area contributed by atoms with Crippen LogP contribution in [-0.2, 0) is 14.3 Å². The summed E-state index contributed by atoms with van der Waals surface area (Å²) in [7, 11) is 0. The number of carbonyl (C=O) groups excluding carboxylic acids is 3. The van der Waals surface area contributed by atoms with Crippen LogP contribution >= 0.6 is 11.6 Å². The number of anilines is 1. The normalized spacial score (nSPS) is 11.4. The fraction of sp³-hybridized carbons (Fsp3) is 0.250. The second-order valence-electron chi connectivity index (χ2n) is 6.16. The lowest BCUT2D eigenvalue weighted by Crippen LogP contribution is -2.40. The molecule has 0 spiro atoms. The van der Waals surface area contributed by atoms with Crippen LogP contribution in [0, 0.1) is 13.8 Å². The Morgan fingerprint density at radius 1 is 1.11 bits per heavy atom. The first-order valence-corrected chi connectivity index (χ1v) is 8.75. The summed E-state index contributed by atoms with van der Waals surface area (Å²) in [6.45, 7) is 4.73. The zero-order valence-corrected chi connectivity index (χ0v) is 16.1. The molecular weight excluding hydrogens is 368 g/mol. The molecule has 0 aliphatic rings. The van der Waals surface area contributed by atoms with E-state index in [1.165, 1.54) is 6.92 Å². The topological polar surface area (TPSA) is 84.5 Å². The number of carbonyl (C=O) groups is 3. The third kappa shape index (κ3) is 5.82. The van der Waals surface area contributed by atoms with Gasteiger partial charge in [0.25, 0.3) is 11.8 Å². The van der Waals surface area contributed by atoms with Gasteiger partial charge >= 0.3 is 5.97 Å². The second-order valence-corrected chi connectivity index (χ2v) is 6.56. The van der Waals surface area contributed by atoms with Crippen LogP contribution in [0.3, 0.4) is 0 Å². The van der Waals surface area contributed by atoms with Crippen molar-refractivity contribution in [2.45, 2.75) is 26.8 Å². The van der Waals surface area contributed by atoms with E-state index >= 15 is 0 Å². The fourth-order valence-corrected chi connectivity index (χ4v) is 2.81. The average Bonchev–Trinajstić information content (AvgIpc) is 2.63. The van der Waals surface area contributed by atoms with Crippen molar-refractivity contribution in [2.24, 2.45) is 0 Å². The molecule has 0 bridgehead atoms. The number of esters is 1. The number of ether oxygens (including phenoxy) is 1. The fourth-order valence-electron chi connectivity index (χ4n) is 2.44. The van der Waals surface area contributed by atoms with Gasteiger partial charge in [-0.05, 0) is 50.1 Å². The van der Waals surface area contributed by atoms with Crippen LogP contribution in [0.1, 0.15) is 28.4 Å². The monoisotopic (exact) mass is 388 g/mol. The third-order valence-electron chi connectivity index (χ3n) is 3.78. The molecule has 0 aliphatic heterocycles. The van der Waals surface area contributed by atoms with Gasteiger partial charge in [-0.2, -0.15) is 0 Å². The molecule has 2 aromatic rings. The molecule has 2 rings (SSSR count). The third-order valence-corrected chi connectivity index (χ3v) is 4.08. The molecule has 27 heavy (non-hydrogen) atoms. The lowest BCUT2D eigenvalue weighted by Gasteiger charge is -2.14. The van der Waals surface area contributed by atoms with Crippen molar-refractivity contribution in [1.82, 2.24) is 5.32 Å². The summed E-state index contributed by atoms with van der Waals surface area (Å²) >= 11 is 6.14. The number of aryl methyl sites for hydroxylation is 2. The Bertz CT molecular complexity index is 829. The molecular formula is C20H21ClN2O4. The average molecular weight is 389 g/mol. The summed E-state index contributed by atoms with van der Waals surface area (Å²) in [5, 5.41) is 5.57. The number of benzene rings is 2. The molecule has 0 aliphatic carbocycles. The van der Waals surface area contributed by atoms with E-state index in [0.717, 1.165) is 11.1 Å². The summed E-state index contributed by atoms with van der Waals surface area (Å²) < 4.78 is 4.97. The van der Waals surface area contributed by atoms with E-state index in [9.17, 15) is 14.4 Å². The van der Waals surface area contributed by atoms with E-state index in [2.05, 4.69) is 10.6 Å². The first kappa shape index (κ1) is 20.5. The second kappa shape index (κ2) is 9.19. The highest BCUT2D eigenvalue weighted by atomic mass is 35.5. The van der Waals surface area contributed by atoms with Crippen LogP contribution in [0.15, 0.2) is 42.5 Å². The quantitative estimate of drug-likeness (QED) is 0.744. The van der Waals surface area contributed by atoms with E-state index in [-0.39, 0.29) is 0 Å². The van der Waals surface area contributed by atoms with E-state index < -0.39 is 30.4 Å². The number of hydrogen-bond acceptors (Lipinski definition) is 4. The predicted octanol–water partition coefficient (Wildman–Crippen LogP) is 3.26. The van der Waals surface area contributed by atoms with Crippen LogP contribution in [-0.4, -0.2) is 30.4 Å². The van der Waals surface area contributed by atoms with Crippen molar-refractivity contribution in [3.05, 3.63) is 64.2 Å². The van der Waals surface area contributed by atoms with E-state index in [4.69, 9.17) is 16.3 Å². The van der Waals surface area contributed by atoms with Gasteiger partial charge in [0.2, 0.25) is 0 Å². The van der Waals surface area contributed by atoms with Crippen molar-refractivity contribution < 1.29 is 19.1 Å². The summed E-state index contributed by atoms with van der Waals surface area (Å²) in [4.78, 5) is 36.1. The predicted molar refractivity (Wildman–Crippen MR) is 104 cm³/mol. The molecule has 0 unspecified atom stereocenters. The van der Waals surface area contributed by atoms with E-state index in [1.807, 2.05) is 19.9 Å². The molecule has 0 radical (unpaired) electrons. The zero-order valence-electron chi connectivity index (χ0n) is 15.3. The van der Waals surface area contributed by atoms with Crippen LogP contribution < -0.4 is 10.6 Å². The lowest BCUT2D eigenvalue weighted by molar-refractivity contribution is -0.148. The number of nitrogens with one attached hydrogen (secondary N) is 2. The molecule has 0 saturated heterocycles. The van der Waals surface area contributed by atoms with Gasteiger partial charge in [0, 0.05) is 5.56 Å². The van der Waals surface area contributed by atoms with Gasteiger partial charge in [0.05, 0.1) is 10.7 Å². The molecule has 142 valence electrons. The van der Waals surface area contributed by atoms with Gasteiger partial charge in [-0.3, -0.25) is 9.59 Å². The van der Waals surface area contributed by atoms with Crippen LogP contribution in [0.5, 0.6) is 0 Å². The van der Waals surface area contributed by atoms with Gasteiger partial charge in [-0.1, -0.05) is 35.9 Å². The number of halogens is 1. The largest absolute Gasteiger partial charge is 0.454 e. The molecule has 2 N–H and O–H groups in total. The van der Waals surface area contributed by atoms with Crippen molar-refractivity contribution >= 4 is 35.1 Å². The molecule has 6 nitrogen and oxygen atoms in total. The molecule has 0 saturated carbocycles. The number of hydrogen-bond donors (Lipinski definition) is 2. The first-order valence-electron chi connectivity index (χ1n) is 8.37. The number of amides is 2. The standard InChI is InChI=1S/C20H21ClN2O4/c1-12-9-13(2)18(16(21)10-12)23-17(24)11-27-20(26)14(3)22-19(25)15-7-5-4-6-8-15/h4-10,14H,11H2,1-3H3,(H,22,25)(H,23,24)/t14-/m0/s1.